The van der Waals surface area contributed by atoms with Crippen molar-refractivity contribution in [3.63, 3.8) is 0 Å². The smallest absolute Gasteiger partial charge is 0.312 e. The topological polar surface area (TPSA) is 218 Å². The van der Waals surface area contributed by atoms with E-state index in [4.69, 9.17) is 14.2 Å². The van der Waals surface area contributed by atoms with Crippen LogP contribution >= 0.6 is 0 Å². The van der Waals surface area contributed by atoms with E-state index in [9.17, 15) is 32.8 Å². The average molecular weight is 1090 g/mol. The Morgan fingerprint density at radius 2 is 1.72 bits per heavy atom. The fraction of sp³-hybridized carbons (Fsp3) is 0.466. The van der Waals surface area contributed by atoms with Crippen molar-refractivity contribution in [2.45, 2.75) is 126 Å². The summed E-state index contributed by atoms with van der Waals surface area (Å²) in [5, 5.41) is 25.7. The first-order chi connectivity index (χ1) is 37.4. The number of benzene rings is 3. The molecule has 3 atom stereocenters. The van der Waals surface area contributed by atoms with E-state index in [0.717, 1.165) is 88.2 Å². The summed E-state index contributed by atoms with van der Waals surface area (Å²) < 4.78 is 62.2. The molecule has 78 heavy (non-hydrogen) atoms. The highest BCUT2D eigenvalue weighted by Gasteiger charge is 2.59. The second-order valence-electron chi connectivity index (χ2n) is 22.8. The van der Waals surface area contributed by atoms with Gasteiger partial charge in [-0.2, -0.15) is 4.98 Å². The van der Waals surface area contributed by atoms with Crippen molar-refractivity contribution in [2.24, 2.45) is 11.3 Å². The maximum Gasteiger partial charge on any atom is 0.312 e. The number of H-pyrrole nitrogens is 1. The summed E-state index contributed by atoms with van der Waals surface area (Å²) >= 11 is 0. The fourth-order valence-corrected chi connectivity index (χ4v) is 13.7. The predicted molar refractivity (Wildman–Crippen MR) is 293 cm³/mol. The van der Waals surface area contributed by atoms with Gasteiger partial charge >= 0.3 is 5.69 Å². The van der Waals surface area contributed by atoms with Gasteiger partial charge in [-0.05, 0) is 123 Å². The van der Waals surface area contributed by atoms with Gasteiger partial charge in [-0.3, -0.25) is 24.7 Å². The molecule has 3 aromatic heterocycles. The minimum absolute atomic E-state index is 0.0123. The number of hydrogen-bond acceptors (Lipinski definition) is 15. The van der Waals surface area contributed by atoms with Crippen LogP contribution < -0.4 is 29.1 Å². The zero-order chi connectivity index (χ0) is 54.7. The average Bonchev–Trinajstić information content (AvgIpc) is 4.17. The van der Waals surface area contributed by atoms with Gasteiger partial charge in [-0.15, -0.1) is 0 Å². The van der Waals surface area contributed by atoms with Crippen LogP contribution in [0.4, 0.5) is 21.6 Å². The Hall–Kier alpha value is -6.87. The van der Waals surface area contributed by atoms with Crippen LogP contribution in [0.1, 0.15) is 118 Å². The lowest BCUT2D eigenvalue weighted by Gasteiger charge is -2.58. The molecule has 2 unspecified atom stereocenters. The molecule has 3 aromatic carbocycles. The van der Waals surface area contributed by atoms with Crippen LogP contribution in [0.5, 0.6) is 23.1 Å². The number of ether oxygens (including phenoxy) is 3. The highest BCUT2D eigenvalue weighted by Crippen LogP contribution is 2.57. The van der Waals surface area contributed by atoms with Crippen molar-refractivity contribution in [3.05, 3.63) is 129 Å². The zero-order valence-electron chi connectivity index (χ0n) is 44.7. The van der Waals surface area contributed by atoms with E-state index in [1.807, 2.05) is 12.1 Å². The number of pyridine rings is 2. The number of nitrogens with zero attached hydrogens (tertiary/aromatic N) is 6. The first-order valence-corrected chi connectivity index (χ1v) is 28.6. The molecule has 5 fully saturated rings. The van der Waals surface area contributed by atoms with E-state index >= 15 is 0 Å². The van der Waals surface area contributed by atoms with E-state index in [0.29, 0.717) is 56.3 Å². The van der Waals surface area contributed by atoms with Gasteiger partial charge < -0.3 is 34.5 Å². The van der Waals surface area contributed by atoms with Crippen LogP contribution in [0.25, 0.3) is 11.0 Å². The van der Waals surface area contributed by atoms with Crippen molar-refractivity contribution < 1.29 is 41.8 Å². The predicted octanol–water partition coefficient (Wildman–Crippen LogP) is 9.86. The van der Waals surface area contributed by atoms with Crippen molar-refractivity contribution in [2.75, 3.05) is 50.6 Å². The molecule has 5 aliphatic rings. The molecule has 0 bridgehead atoms. The standard InChI is InChI=1S/C58H68FN9O9S/c1-35(2)42-8-6-7-9-43(42)50-34-66(33-37-10-13-40(75-4)14-11-37)47-27-48(47)67(50)39-28-58(29-39)20-22-65(23-21-58)38-12-15-44(51(24-38)77-52-26-45-46(59)32-62-53(45)63-56(52)76-5)55(69)64-78(73,74)41-25-49(68(71)72)54(61-31-41)60-30-36-16-18-57(3,70)19-17-36/h6-15,24-26,31-32,35-36,39,47-48,50,70H,16-23,27-30,33-34H2,1-5H3,(H,60,61)(H,62,63)(H,64,69)/t36?,47?,48?,50-,57?/m0/s1. The van der Waals surface area contributed by atoms with E-state index in [1.54, 1.807) is 26.2 Å². The molecule has 20 heteroatoms. The van der Waals surface area contributed by atoms with Crippen LogP contribution in [0, 0.1) is 27.3 Å². The molecule has 2 aliphatic heterocycles. The number of fused-ring (bicyclic) bond motifs is 2. The molecule has 412 valence electrons. The number of aromatic amines is 1. The number of sulfonamides is 1. The number of nitrogens with one attached hydrogen (secondary N) is 3. The molecule has 6 aromatic rings. The maximum absolute atomic E-state index is 14.9. The number of amides is 1. The number of aromatic nitrogens is 3. The van der Waals surface area contributed by atoms with Gasteiger partial charge in [0.1, 0.15) is 27.9 Å². The minimum Gasteiger partial charge on any atom is -0.497 e. The van der Waals surface area contributed by atoms with Crippen molar-refractivity contribution >= 4 is 44.2 Å². The van der Waals surface area contributed by atoms with E-state index in [2.05, 4.69) is 89.9 Å². The summed E-state index contributed by atoms with van der Waals surface area (Å²) in [7, 11) is -1.67. The van der Waals surface area contributed by atoms with Crippen LogP contribution in [0.2, 0.25) is 0 Å². The lowest BCUT2D eigenvalue weighted by atomic mass is 9.59. The molecule has 11 rings (SSSR count). The number of halogens is 1. The van der Waals surface area contributed by atoms with Gasteiger partial charge in [0.05, 0.1) is 41.9 Å². The van der Waals surface area contributed by atoms with Gasteiger partial charge in [0, 0.05) is 87.0 Å². The number of methoxy groups -OCH3 is 2. The van der Waals surface area contributed by atoms with Crippen LogP contribution in [0.3, 0.4) is 0 Å². The first-order valence-electron chi connectivity index (χ1n) is 27.1. The third-order valence-electron chi connectivity index (χ3n) is 17.3. The van der Waals surface area contributed by atoms with Crippen LogP contribution in [0.15, 0.2) is 96.2 Å². The number of piperazine rings is 1. The Kier molecular flexibility index (Phi) is 14.4. The molecule has 5 heterocycles. The van der Waals surface area contributed by atoms with Gasteiger partial charge in [0.2, 0.25) is 5.82 Å². The third kappa shape index (κ3) is 10.7. The monoisotopic (exact) mass is 1090 g/mol. The number of piperidine rings is 1. The number of rotatable bonds is 17. The molecule has 18 nitrogen and oxygen atoms in total. The molecule has 4 N–H and O–H groups in total. The molecule has 3 aliphatic carbocycles. The third-order valence-corrected chi connectivity index (χ3v) is 18.6. The van der Waals surface area contributed by atoms with E-state index in [-0.39, 0.29) is 57.2 Å². The zero-order valence-corrected chi connectivity index (χ0v) is 45.5. The second kappa shape index (κ2) is 21.1. The van der Waals surface area contributed by atoms with Crippen LogP contribution in [-0.2, 0) is 16.6 Å². The summed E-state index contributed by atoms with van der Waals surface area (Å²) in [6.45, 7) is 10.0. The first kappa shape index (κ1) is 53.1. The quantitative estimate of drug-likeness (QED) is 0.0494. The van der Waals surface area contributed by atoms with Crippen molar-refractivity contribution in [1.82, 2.24) is 29.5 Å². The van der Waals surface area contributed by atoms with E-state index < -0.39 is 42.9 Å². The summed E-state index contributed by atoms with van der Waals surface area (Å²) in [5.41, 5.74) is 3.73. The molecule has 1 spiro atoms. The molecule has 2 saturated heterocycles. The molecular formula is C58H68FN9O9S. The summed E-state index contributed by atoms with van der Waals surface area (Å²) in [5.74, 6) is -0.480. The highest BCUT2D eigenvalue weighted by molar-refractivity contribution is 7.90. The van der Waals surface area contributed by atoms with Crippen molar-refractivity contribution in [3.8, 4) is 23.1 Å². The Bertz CT molecular complexity index is 3330. The maximum atomic E-state index is 14.9. The normalized spacial score (nSPS) is 23.4. The second-order valence-corrected chi connectivity index (χ2v) is 24.5. The van der Waals surface area contributed by atoms with Gasteiger partial charge in [-0.25, -0.2) is 22.5 Å². The lowest BCUT2D eigenvalue weighted by molar-refractivity contribution is -0.384. The Labute approximate surface area is 453 Å². The Morgan fingerprint density at radius 3 is 2.42 bits per heavy atom. The number of carbonyl (C=O) groups is 1. The number of carbonyl (C=O) groups excluding carboxylic acids is 1. The minimum atomic E-state index is -4.74. The lowest BCUT2D eigenvalue weighted by Crippen LogP contribution is -2.60. The summed E-state index contributed by atoms with van der Waals surface area (Å²) in [6, 6.07) is 26.3. The van der Waals surface area contributed by atoms with Gasteiger partial charge in [0.25, 0.3) is 21.8 Å². The number of aliphatic hydroxyl groups is 1. The Morgan fingerprint density at radius 1 is 0.974 bits per heavy atom. The highest BCUT2D eigenvalue weighted by atomic mass is 32.2. The Balaban J connectivity index is 0.810. The largest absolute Gasteiger partial charge is 0.497 e. The number of anilines is 2. The van der Waals surface area contributed by atoms with E-state index in [1.165, 1.54) is 35.9 Å². The van der Waals surface area contributed by atoms with Crippen molar-refractivity contribution in [1.29, 1.82) is 0 Å². The molecular weight excluding hydrogens is 1020 g/mol. The van der Waals surface area contributed by atoms with Gasteiger partial charge in [-0.1, -0.05) is 50.2 Å². The van der Waals surface area contributed by atoms with Gasteiger partial charge in [0.15, 0.2) is 5.75 Å². The SMILES string of the molecule is COc1ccc(CN2C[C@@H](c3ccccc3C(C)C)N(C3CC4(CCN(c5ccc(C(=O)NS(=O)(=O)c6cnc(NCC7CCC(C)(O)CC7)c([N+](=O)[O-])c6)c(Oc6cc7c(F)c[nH]c7nc6OC)c5)CC4)C3)C3CC32)cc1. The number of hydrogen-bond donors (Lipinski definition) is 4. The molecule has 0 radical (unpaired) electrons. The summed E-state index contributed by atoms with van der Waals surface area (Å²) in [4.78, 5) is 44.2. The van der Waals surface area contributed by atoms with Crippen LogP contribution in [-0.4, -0.2) is 113 Å². The fourth-order valence-electron chi connectivity index (χ4n) is 12.8. The molecule has 1 amide bonds. The number of nitro groups is 1. The molecule has 3 saturated carbocycles. The summed E-state index contributed by atoms with van der Waals surface area (Å²) in [6.07, 6.45) is 10.0.